The molecule has 0 aliphatic carbocycles. The number of hydrogen-bond acceptors (Lipinski definition) is 4. The summed E-state index contributed by atoms with van der Waals surface area (Å²) < 4.78 is 0. The molecule has 0 fully saturated rings. The molecule has 0 aliphatic heterocycles. The highest BCUT2D eigenvalue weighted by molar-refractivity contribution is 5.77. The molecule has 1 aromatic carbocycles. The van der Waals surface area contributed by atoms with Gasteiger partial charge in [-0.1, -0.05) is 25.8 Å². The molecule has 0 spiro atoms. The third-order valence-corrected chi connectivity index (χ3v) is 3.40. The molecule has 1 aromatic rings. The predicted molar refractivity (Wildman–Crippen MR) is 84.7 cm³/mol. The Hall–Kier alpha value is -1.78. The number of para-hydroxylation sites is 1. The molecule has 1 rings (SSSR count). The summed E-state index contributed by atoms with van der Waals surface area (Å²) in [5.74, 6) is 0. The number of hydrogen-bond donors (Lipinski definition) is 1. The monoisotopic (exact) mass is 279 g/mol. The van der Waals surface area contributed by atoms with Crippen LogP contribution in [0.3, 0.4) is 0 Å². The van der Waals surface area contributed by atoms with E-state index in [0.717, 1.165) is 25.8 Å². The first-order chi connectivity index (χ1) is 9.52. The summed E-state index contributed by atoms with van der Waals surface area (Å²) >= 11 is 0. The van der Waals surface area contributed by atoms with Gasteiger partial charge in [0.25, 0.3) is 0 Å². The molecule has 1 N–H and O–H groups in total. The van der Waals surface area contributed by atoms with Crippen molar-refractivity contribution in [2.75, 3.05) is 23.8 Å². The zero-order valence-electron chi connectivity index (χ0n) is 12.8. The molecular weight excluding hydrogens is 254 g/mol. The topological polar surface area (TPSA) is 58.4 Å². The fourth-order valence-corrected chi connectivity index (χ4v) is 2.35. The Kier molecular flexibility index (Phi) is 6.28. The van der Waals surface area contributed by atoms with Gasteiger partial charge in [0.2, 0.25) is 0 Å². The largest absolute Gasteiger partial charge is 0.382 e. The van der Waals surface area contributed by atoms with Gasteiger partial charge in [-0.2, -0.15) is 0 Å². The summed E-state index contributed by atoms with van der Waals surface area (Å²) in [4.78, 5) is 13.2. The van der Waals surface area contributed by atoms with Gasteiger partial charge in [0.1, 0.15) is 11.4 Å². The van der Waals surface area contributed by atoms with Crippen LogP contribution >= 0.6 is 0 Å². The van der Waals surface area contributed by atoms with Crippen LogP contribution < -0.4 is 10.2 Å². The van der Waals surface area contributed by atoms with Crippen molar-refractivity contribution in [1.29, 1.82) is 0 Å². The number of rotatable bonds is 8. The Bertz CT molecular complexity index is 447. The molecule has 0 aromatic heterocycles. The first-order valence-corrected chi connectivity index (χ1v) is 7.24. The number of nitrogens with zero attached hydrogens (tertiary/aromatic N) is 2. The van der Waals surface area contributed by atoms with E-state index in [9.17, 15) is 10.1 Å². The minimum Gasteiger partial charge on any atom is -0.382 e. The van der Waals surface area contributed by atoms with Gasteiger partial charge in [-0.3, -0.25) is 10.1 Å². The Morgan fingerprint density at radius 1 is 1.35 bits per heavy atom. The molecule has 0 aliphatic rings. The number of anilines is 2. The first-order valence-electron chi connectivity index (χ1n) is 7.24. The highest BCUT2D eigenvalue weighted by Crippen LogP contribution is 2.36. The number of benzene rings is 1. The maximum Gasteiger partial charge on any atom is 0.315 e. The number of nitro benzene ring substituents is 1. The van der Waals surface area contributed by atoms with Crippen LogP contribution in [0.4, 0.5) is 17.1 Å². The van der Waals surface area contributed by atoms with Gasteiger partial charge in [-0.15, -0.1) is 0 Å². The van der Waals surface area contributed by atoms with Crippen LogP contribution in [0.5, 0.6) is 0 Å². The first kappa shape index (κ1) is 16.3. The highest BCUT2D eigenvalue weighted by atomic mass is 16.6. The molecule has 5 nitrogen and oxygen atoms in total. The van der Waals surface area contributed by atoms with Crippen LogP contribution in [0.25, 0.3) is 0 Å². The van der Waals surface area contributed by atoms with Crippen molar-refractivity contribution in [3.63, 3.8) is 0 Å². The molecule has 0 unspecified atom stereocenters. The van der Waals surface area contributed by atoms with E-state index in [-0.39, 0.29) is 16.7 Å². The van der Waals surface area contributed by atoms with Crippen molar-refractivity contribution < 1.29 is 4.92 Å². The van der Waals surface area contributed by atoms with Gasteiger partial charge in [-0.05, 0) is 32.4 Å². The van der Waals surface area contributed by atoms with Crippen LogP contribution in [0.15, 0.2) is 18.2 Å². The summed E-state index contributed by atoms with van der Waals surface area (Å²) in [7, 11) is 1.71. The molecule has 0 saturated carbocycles. The lowest BCUT2D eigenvalue weighted by Gasteiger charge is -2.29. The van der Waals surface area contributed by atoms with Crippen molar-refractivity contribution in [3.8, 4) is 0 Å². The lowest BCUT2D eigenvalue weighted by molar-refractivity contribution is -0.383. The number of unbranched alkanes of at least 4 members (excludes halogenated alkanes) is 2. The van der Waals surface area contributed by atoms with E-state index in [4.69, 9.17) is 0 Å². The average molecular weight is 279 g/mol. The van der Waals surface area contributed by atoms with Crippen LogP contribution in [-0.2, 0) is 0 Å². The molecule has 0 amide bonds. The van der Waals surface area contributed by atoms with E-state index >= 15 is 0 Å². The van der Waals surface area contributed by atoms with Crippen LogP contribution in [0, 0.1) is 10.1 Å². The smallest absolute Gasteiger partial charge is 0.315 e. The van der Waals surface area contributed by atoms with E-state index in [1.54, 1.807) is 13.1 Å². The van der Waals surface area contributed by atoms with E-state index in [1.165, 1.54) is 0 Å². The summed E-state index contributed by atoms with van der Waals surface area (Å²) in [6.45, 7) is 7.15. The lowest BCUT2D eigenvalue weighted by Crippen LogP contribution is -2.32. The molecular formula is C15H25N3O2. The SMILES string of the molecule is CCCCCN(c1cccc(NC)c1[N+](=O)[O-])C(C)C. The zero-order valence-corrected chi connectivity index (χ0v) is 12.8. The molecule has 5 heteroatoms. The number of nitro groups is 1. The Morgan fingerprint density at radius 3 is 2.55 bits per heavy atom. The normalized spacial score (nSPS) is 10.7. The Balaban J connectivity index is 3.15. The van der Waals surface area contributed by atoms with Crippen molar-refractivity contribution in [3.05, 3.63) is 28.3 Å². The van der Waals surface area contributed by atoms with E-state index in [2.05, 4.69) is 31.0 Å². The fraction of sp³-hybridized carbons (Fsp3) is 0.600. The van der Waals surface area contributed by atoms with Crippen molar-refractivity contribution in [2.45, 2.75) is 46.1 Å². The average Bonchev–Trinajstić information content (AvgIpc) is 2.42. The van der Waals surface area contributed by atoms with Crippen LogP contribution in [0.1, 0.15) is 40.0 Å². The Labute approximate surface area is 121 Å². The van der Waals surface area contributed by atoms with Gasteiger partial charge in [-0.25, -0.2) is 0 Å². The Morgan fingerprint density at radius 2 is 2.05 bits per heavy atom. The summed E-state index contributed by atoms with van der Waals surface area (Å²) in [6.07, 6.45) is 3.34. The van der Waals surface area contributed by atoms with Gasteiger partial charge in [0.15, 0.2) is 0 Å². The summed E-state index contributed by atoms with van der Waals surface area (Å²) in [5.41, 5.74) is 1.43. The molecule has 112 valence electrons. The van der Waals surface area contributed by atoms with Crippen LogP contribution in [0.2, 0.25) is 0 Å². The molecule has 0 saturated heterocycles. The summed E-state index contributed by atoms with van der Waals surface area (Å²) in [6, 6.07) is 5.68. The maximum absolute atomic E-state index is 11.4. The second kappa shape index (κ2) is 7.72. The zero-order chi connectivity index (χ0) is 15.1. The second-order valence-corrected chi connectivity index (χ2v) is 5.17. The summed E-state index contributed by atoms with van der Waals surface area (Å²) in [5, 5.41) is 14.3. The van der Waals surface area contributed by atoms with E-state index in [0.29, 0.717) is 11.4 Å². The van der Waals surface area contributed by atoms with E-state index in [1.807, 2.05) is 12.1 Å². The minimum atomic E-state index is -0.295. The standard InChI is InChI=1S/C15H25N3O2/c1-5-6-7-11-17(12(2)3)14-10-8-9-13(16-4)15(14)18(19)20/h8-10,12,16H,5-7,11H2,1-4H3. The third-order valence-electron chi connectivity index (χ3n) is 3.40. The maximum atomic E-state index is 11.4. The van der Waals surface area contributed by atoms with Gasteiger partial charge in [0.05, 0.1) is 4.92 Å². The van der Waals surface area contributed by atoms with E-state index < -0.39 is 0 Å². The predicted octanol–water partition coefficient (Wildman–Crippen LogP) is 4.04. The minimum absolute atomic E-state index is 0.167. The van der Waals surface area contributed by atoms with Gasteiger partial charge < -0.3 is 10.2 Å². The number of nitrogens with one attached hydrogen (secondary N) is 1. The second-order valence-electron chi connectivity index (χ2n) is 5.17. The van der Waals surface area contributed by atoms with Crippen molar-refractivity contribution >= 4 is 17.1 Å². The van der Waals surface area contributed by atoms with Crippen LogP contribution in [-0.4, -0.2) is 24.6 Å². The molecule has 0 heterocycles. The third kappa shape index (κ3) is 3.85. The highest BCUT2D eigenvalue weighted by Gasteiger charge is 2.24. The molecule has 0 radical (unpaired) electrons. The lowest BCUT2D eigenvalue weighted by atomic mass is 10.1. The molecule has 0 bridgehead atoms. The van der Waals surface area contributed by atoms with Crippen molar-refractivity contribution in [1.82, 2.24) is 0 Å². The molecule has 20 heavy (non-hydrogen) atoms. The fourth-order valence-electron chi connectivity index (χ4n) is 2.35. The quantitative estimate of drug-likeness (QED) is 0.443. The van der Waals surface area contributed by atoms with Gasteiger partial charge >= 0.3 is 5.69 Å². The van der Waals surface area contributed by atoms with Gasteiger partial charge in [0, 0.05) is 19.6 Å². The van der Waals surface area contributed by atoms with Crippen molar-refractivity contribution in [2.24, 2.45) is 0 Å². The molecule has 0 atom stereocenters.